The number of imidazole rings is 1. The number of nitrogens with zero attached hydrogens (tertiary/aromatic N) is 1. The van der Waals surface area contributed by atoms with E-state index in [1.807, 2.05) is 6.20 Å². The van der Waals surface area contributed by atoms with Gasteiger partial charge in [-0.3, -0.25) is 0 Å². The number of aromatic amines is 1. The van der Waals surface area contributed by atoms with Crippen molar-refractivity contribution in [2.45, 2.75) is 53.0 Å². The van der Waals surface area contributed by atoms with Gasteiger partial charge in [-0.2, -0.15) is 0 Å². The van der Waals surface area contributed by atoms with Crippen LogP contribution < -0.4 is 0 Å². The average Bonchev–Trinajstić information content (AvgIpc) is 2.44. The number of H-pyrrole nitrogens is 1. The van der Waals surface area contributed by atoms with Gasteiger partial charge in [-0.05, 0) is 25.1 Å². The van der Waals surface area contributed by atoms with Crippen molar-refractivity contribution in [2.75, 3.05) is 0 Å². The quantitative estimate of drug-likeness (QED) is 0.754. The lowest BCUT2D eigenvalue weighted by molar-refractivity contribution is 0.373. The standard InChI is InChI=1S/C12H22N2S/c1-8(2)9(3)14-10(12(4,5)6)7-13-11(14)15/h7-9H,1-6H3,(H,13,15). The van der Waals surface area contributed by atoms with Gasteiger partial charge in [0.1, 0.15) is 0 Å². The number of hydrogen-bond donors (Lipinski definition) is 1. The summed E-state index contributed by atoms with van der Waals surface area (Å²) in [5, 5.41) is 0. The zero-order valence-electron chi connectivity index (χ0n) is 10.6. The molecule has 0 spiro atoms. The van der Waals surface area contributed by atoms with Gasteiger partial charge >= 0.3 is 0 Å². The Morgan fingerprint density at radius 1 is 1.27 bits per heavy atom. The van der Waals surface area contributed by atoms with Crippen LogP contribution in [0, 0.1) is 10.7 Å². The molecule has 0 bridgehead atoms. The maximum absolute atomic E-state index is 5.34. The Balaban J connectivity index is 3.28. The summed E-state index contributed by atoms with van der Waals surface area (Å²) in [5.41, 5.74) is 1.42. The topological polar surface area (TPSA) is 20.7 Å². The van der Waals surface area contributed by atoms with Crippen molar-refractivity contribution >= 4 is 12.2 Å². The largest absolute Gasteiger partial charge is 0.337 e. The van der Waals surface area contributed by atoms with Crippen LogP contribution in [0.1, 0.15) is 53.3 Å². The summed E-state index contributed by atoms with van der Waals surface area (Å²) in [7, 11) is 0. The molecule has 0 amide bonds. The predicted molar refractivity (Wildman–Crippen MR) is 67.9 cm³/mol. The molecule has 1 unspecified atom stereocenters. The molecule has 15 heavy (non-hydrogen) atoms. The van der Waals surface area contributed by atoms with Crippen molar-refractivity contribution < 1.29 is 0 Å². The molecule has 0 aliphatic rings. The smallest absolute Gasteiger partial charge is 0.177 e. The molecular formula is C12H22N2S. The fourth-order valence-electron chi connectivity index (χ4n) is 1.66. The third kappa shape index (κ3) is 2.51. The van der Waals surface area contributed by atoms with E-state index in [2.05, 4.69) is 51.1 Å². The fourth-order valence-corrected chi connectivity index (χ4v) is 1.98. The molecule has 0 radical (unpaired) electrons. The molecule has 0 aliphatic carbocycles. The molecule has 0 fully saturated rings. The summed E-state index contributed by atoms with van der Waals surface area (Å²) in [6.45, 7) is 13.3. The van der Waals surface area contributed by atoms with Crippen molar-refractivity contribution in [3.63, 3.8) is 0 Å². The highest BCUT2D eigenvalue weighted by Crippen LogP contribution is 2.28. The number of aromatic nitrogens is 2. The molecule has 0 aliphatic heterocycles. The molecule has 1 heterocycles. The molecule has 86 valence electrons. The van der Waals surface area contributed by atoms with E-state index in [0.29, 0.717) is 12.0 Å². The summed E-state index contributed by atoms with van der Waals surface area (Å²) < 4.78 is 3.08. The van der Waals surface area contributed by atoms with Gasteiger partial charge in [-0.25, -0.2) is 0 Å². The van der Waals surface area contributed by atoms with E-state index >= 15 is 0 Å². The first-order chi connectivity index (χ1) is 6.75. The predicted octanol–water partition coefficient (Wildman–Crippen LogP) is 4.06. The van der Waals surface area contributed by atoms with Crippen molar-refractivity contribution in [1.82, 2.24) is 9.55 Å². The third-order valence-corrected chi connectivity index (χ3v) is 3.27. The number of rotatable bonds is 2. The molecule has 2 nitrogen and oxygen atoms in total. The first-order valence-corrected chi connectivity index (χ1v) is 5.96. The Morgan fingerprint density at radius 2 is 1.80 bits per heavy atom. The highest BCUT2D eigenvalue weighted by Gasteiger charge is 2.22. The highest BCUT2D eigenvalue weighted by atomic mass is 32.1. The summed E-state index contributed by atoms with van der Waals surface area (Å²) in [6, 6.07) is 0.443. The number of hydrogen-bond acceptors (Lipinski definition) is 1. The van der Waals surface area contributed by atoms with Crippen LogP contribution in [-0.2, 0) is 5.41 Å². The second kappa shape index (κ2) is 4.12. The van der Waals surface area contributed by atoms with E-state index in [1.165, 1.54) is 5.69 Å². The summed E-state index contributed by atoms with van der Waals surface area (Å²) in [6.07, 6.45) is 2.04. The monoisotopic (exact) mass is 226 g/mol. The molecule has 3 heteroatoms. The summed E-state index contributed by atoms with van der Waals surface area (Å²) in [5.74, 6) is 0.591. The Hall–Kier alpha value is -0.570. The highest BCUT2D eigenvalue weighted by molar-refractivity contribution is 7.71. The molecule has 1 atom stereocenters. The summed E-state index contributed by atoms with van der Waals surface area (Å²) >= 11 is 5.34. The first kappa shape index (κ1) is 12.5. The van der Waals surface area contributed by atoms with E-state index in [1.54, 1.807) is 0 Å². The van der Waals surface area contributed by atoms with Crippen LogP contribution in [0.2, 0.25) is 0 Å². The zero-order valence-corrected chi connectivity index (χ0v) is 11.4. The van der Waals surface area contributed by atoms with E-state index in [9.17, 15) is 0 Å². The molecule has 0 saturated heterocycles. The van der Waals surface area contributed by atoms with Gasteiger partial charge in [-0.15, -0.1) is 0 Å². The molecular weight excluding hydrogens is 204 g/mol. The lowest BCUT2D eigenvalue weighted by atomic mass is 9.91. The van der Waals surface area contributed by atoms with Gasteiger partial charge in [0.15, 0.2) is 4.77 Å². The summed E-state index contributed by atoms with van der Waals surface area (Å²) in [4.78, 5) is 3.16. The van der Waals surface area contributed by atoms with Crippen LogP contribution in [0.3, 0.4) is 0 Å². The third-order valence-electron chi connectivity index (χ3n) is 2.95. The Labute approximate surface area is 97.7 Å². The second-order valence-electron chi connectivity index (χ2n) is 5.58. The van der Waals surface area contributed by atoms with Crippen molar-refractivity contribution in [3.05, 3.63) is 16.7 Å². The minimum Gasteiger partial charge on any atom is -0.337 e. The molecule has 1 aromatic heterocycles. The van der Waals surface area contributed by atoms with Crippen LogP contribution in [0.25, 0.3) is 0 Å². The van der Waals surface area contributed by atoms with Gasteiger partial charge < -0.3 is 9.55 Å². The van der Waals surface area contributed by atoms with Crippen LogP contribution in [-0.4, -0.2) is 9.55 Å². The molecule has 1 rings (SSSR count). The van der Waals surface area contributed by atoms with Gasteiger partial charge in [0, 0.05) is 23.3 Å². The van der Waals surface area contributed by atoms with E-state index in [-0.39, 0.29) is 5.41 Å². The second-order valence-corrected chi connectivity index (χ2v) is 5.97. The van der Waals surface area contributed by atoms with E-state index < -0.39 is 0 Å². The minimum atomic E-state index is 0.136. The van der Waals surface area contributed by atoms with E-state index in [4.69, 9.17) is 12.2 Å². The average molecular weight is 226 g/mol. The van der Waals surface area contributed by atoms with Gasteiger partial charge in [0.2, 0.25) is 0 Å². The maximum atomic E-state index is 5.34. The number of nitrogens with one attached hydrogen (secondary N) is 1. The molecule has 1 aromatic rings. The Kier molecular flexibility index (Phi) is 3.44. The maximum Gasteiger partial charge on any atom is 0.177 e. The Morgan fingerprint density at radius 3 is 2.20 bits per heavy atom. The fraction of sp³-hybridized carbons (Fsp3) is 0.750. The van der Waals surface area contributed by atoms with Crippen LogP contribution >= 0.6 is 12.2 Å². The molecule has 0 saturated carbocycles. The first-order valence-electron chi connectivity index (χ1n) is 5.55. The molecule has 0 aromatic carbocycles. The van der Waals surface area contributed by atoms with Crippen LogP contribution in [0.4, 0.5) is 0 Å². The van der Waals surface area contributed by atoms with Crippen molar-refractivity contribution in [2.24, 2.45) is 5.92 Å². The van der Waals surface area contributed by atoms with Gasteiger partial charge in [0.05, 0.1) is 0 Å². The molecule has 1 N–H and O–H groups in total. The Bertz CT molecular complexity index is 379. The van der Waals surface area contributed by atoms with Crippen molar-refractivity contribution in [3.8, 4) is 0 Å². The minimum absolute atomic E-state index is 0.136. The van der Waals surface area contributed by atoms with Crippen molar-refractivity contribution in [1.29, 1.82) is 0 Å². The van der Waals surface area contributed by atoms with E-state index in [0.717, 1.165) is 4.77 Å². The lowest BCUT2D eigenvalue weighted by Crippen LogP contribution is -2.22. The normalized spacial score (nSPS) is 14.6. The van der Waals surface area contributed by atoms with Crippen LogP contribution in [0.5, 0.6) is 0 Å². The van der Waals surface area contributed by atoms with Gasteiger partial charge in [-0.1, -0.05) is 34.6 Å². The zero-order chi connectivity index (χ0) is 11.8. The SMILES string of the molecule is CC(C)C(C)n1c(C(C)(C)C)c[nH]c1=S. The van der Waals surface area contributed by atoms with Gasteiger partial charge in [0.25, 0.3) is 0 Å². The van der Waals surface area contributed by atoms with Crippen LogP contribution in [0.15, 0.2) is 6.20 Å². The lowest BCUT2D eigenvalue weighted by Gasteiger charge is -2.26.